The van der Waals surface area contributed by atoms with E-state index in [1.165, 1.54) is 4.68 Å². The number of nitrogens with one attached hydrogen (secondary N) is 5. The summed E-state index contributed by atoms with van der Waals surface area (Å²) in [7, 11) is 0. The normalized spacial score (nSPS) is 19.7. The lowest BCUT2D eigenvalue weighted by atomic mass is 10.0. The summed E-state index contributed by atoms with van der Waals surface area (Å²) in [6.45, 7) is 5.73. The number of carbonyl (C=O) groups excluding carboxylic acids is 4. The van der Waals surface area contributed by atoms with Gasteiger partial charge in [0.2, 0.25) is 17.7 Å². The predicted molar refractivity (Wildman–Crippen MR) is 169 cm³/mol. The molecule has 13 heteroatoms. The summed E-state index contributed by atoms with van der Waals surface area (Å²) in [6, 6.07) is 17.2. The number of aromatic nitrogens is 4. The third-order valence-electron chi connectivity index (χ3n) is 7.54. The largest absolute Gasteiger partial charge is 0.492 e. The Balaban J connectivity index is 1.45. The number of carbonyl (C=O) groups is 4. The molecule has 2 aromatic carbocycles. The summed E-state index contributed by atoms with van der Waals surface area (Å²) in [5, 5.41) is 16.0. The van der Waals surface area contributed by atoms with E-state index in [9.17, 15) is 19.2 Å². The van der Waals surface area contributed by atoms with E-state index >= 15 is 0 Å². The highest BCUT2D eigenvalue weighted by Crippen LogP contribution is 2.20. The van der Waals surface area contributed by atoms with Crippen LogP contribution in [0.3, 0.4) is 0 Å². The lowest BCUT2D eigenvalue weighted by molar-refractivity contribution is -0.131. The quantitative estimate of drug-likeness (QED) is 0.231. The smallest absolute Gasteiger partial charge is 0.268 e. The molecule has 0 saturated heterocycles. The molecule has 240 valence electrons. The molecule has 0 aliphatic carbocycles. The number of hydrogen-bond acceptors (Lipinski definition) is 7. The van der Waals surface area contributed by atoms with E-state index in [0.717, 1.165) is 11.1 Å². The van der Waals surface area contributed by atoms with Gasteiger partial charge in [-0.3, -0.25) is 19.2 Å². The Morgan fingerprint density at radius 1 is 0.978 bits per heavy atom. The molecular formula is C33H38N8O5. The van der Waals surface area contributed by atoms with Crippen LogP contribution in [0.1, 0.15) is 48.7 Å². The van der Waals surface area contributed by atoms with Crippen LogP contribution in [-0.4, -0.2) is 68.6 Å². The van der Waals surface area contributed by atoms with Crippen molar-refractivity contribution < 1.29 is 23.9 Å². The first-order valence-electron chi connectivity index (χ1n) is 15.2. The van der Waals surface area contributed by atoms with E-state index in [0.29, 0.717) is 23.1 Å². The van der Waals surface area contributed by atoms with Gasteiger partial charge in [0.15, 0.2) is 5.82 Å². The Bertz CT molecular complexity index is 1650. The Hall–Kier alpha value is -5.46. The number of hydrogen-bond donors (Lipinski definition) is 5. The molecule has 2 aliphatic rings. The fourth-order valence-corrected chi connectivity index (χ4v) is 5.08. The van der Waals surface area contributed by atoms with Crippen LogP contribution in [0.15, 0.2) is 72.9 Å². The van der Waals surface area contributed by atoms with E-state index in [-0.39, 0.29) is 37.9 Å². The van der Waals surface area contributed by atoms with Gasteiger partial charge in [-0.2, -0.15) is 5.10 Å². The molecule has 0 fully saturated rings. The van der Waals surface area contributed by atoms with Crippen molar-refractivity contribution in [3.8, 4) is 17.1 Å². The van der Waals surface area contributed by atoms with Gasteiger partial charge in [0, 0.05) is 18.2 Å². The maximum atomic E-state index is 13.7. The topological polar surface area (TPSA) is 172 Å². The molecule has 0 saturated carbocycles. The van der Waals surface area contributed by atoms with E-state index < -0.39 is 35.8 Å². The average molecular weight is 627 g/mol. The SMILES string of the molecule is CC(C)[C@H]1NC(=O)[C@@H](NC(=O)c2ccc[nH]2)Cc2ccc(cc2)OCCNC(=O)Cn2nc(-c3ccccc3)nc2[C@H](C)NC1=O. The third kappa shape index (κ3) is 7.97. The van der Waals surface area contributed by atoms with Gasteiger partial charge in [-0.25, -0.2) is 9.67 Å². The highest BCUT2D eigenvalue weighted by molar-refractivity contribution is 5.97. The van der Waals surface area contributed by atoms with E-state index in [1.54, 1.807) is 49.5 Å². The molecule has 0 radical (unpaired) electrons. The molecule has 6 rings (SSSR count). The number of nitrogens with zero attached hydrogens (tertiary/aromatic N) is 3. The molecule has 13 nitrogen and oxygen atoms in total. The Morgan fingerprint density at radius 3 is 2.43 bits per heavy atom. The molecule has 2 bridgehead atoms. The van der Waals surface area contributed by atoms with Crippen molar-refractivity contribution in [2.75, 3.05) is 13.2 Å². The molecule has 3 atom stereocenters. The second kappa shape index (κ2) is 14.5. The second-order valence-corrected chi connectivity index (χ2v) is 11.4. The number of rotatable bonds is 4. The first kappa shape index (κ1) is 31.9. The van der Waals surface area contributed by atoms with Crippen molar-refractivity contribution in [1.29, 1.82) is 0 Å². The Labute approximate surface area is 266 Å². The Kier molecular flexibility index (Phi) is 10.1. The van der Waals surface area contributed by atoms with Crippen LogP contribution < -0.4 is 26.0 Å². The number of H-pyrrole nitrogens is 1. The number of amides is 4. The molecular weight excluding hydrogens is 588 g/mol. The van der Waals surface area contributed by atoms with Gasteiger partial charge in [-0.1, -0.05) is 56.3 Å². The zero-order valence-corrected chi connectivity index (χ0v) is 25.9. The first-order valence-corrected chi connectivity index (χ1v) is 15.2. The lowest BCUT2D eigenvalue weighted by Gasteiger charge is -2.26. The van der Waals surface area contributed by atoms with Gasteiger partial charge in [0.25, 0.3) is 5.91 Å². The number of fused-ring (bicyclic) bond motifs is 14. The maximum Gasteiger partial charge on any atom is 0.268 e. The summed E-state index contributed by atoms with van der Waals surface area (Å²) in [5.41, 5.74) is 1.83. The summed E-state index contributed by atoms with van der Waals surface area (Å²) in [5.74, 6) is -0.633. The minimum absolute atomic E-state index is 0.128. The van der Waals surface area contributed by atoms with E-state index in [1.807, 2.05) is 44.2 Å². The summed E-state index contributed by atoms with van der Waals surface area (Å²) in [6.07, 6.45) is 1.79. The van der Waals surface area contributed by atoms with Gasteiger partial charge in [0.1, 0.15) is 42.5 Å². The standard InChI is InChI=1S/C33H38N8O5/c1-20(2)28-33(45)36-21(3)30-39-29(23-8-5-4-6-9-23)40-41(30)19-27(42)35-16-17-46-24-13-11-22(12-14-24)18-26(32(44)38-28)37-31(43)25-10-7-15-34-25/h4-15,20-21,26,28,34H,16-19H2,1-3H3,(H,35,42)(H,36,45)(H,37,43)(H,38,44)/t21-,26-,28+/m0/s1. The van der Waals surface area contributed by atoms with Crippen LogP contribution in [0.2, 0.25) is 0 Å². The third-order valence-corrected chi connectivity index (χ3v) is 7.54. The number of aromatic amines is 1. The number of benzene rings is 2. The molecule has 5 N–H and O–H groups in total. The lowest BCUT2D eigenvalue weighted by Crippen LogP contribution is -2.56. The van der Waals surface area contributed by atoms with Gasteiger partial charge in [-0.15, -0.1) is 0 Å². The van der Waals surface area contributed by atoms with Crippen LogP contribution in [0.4, 0.5) is 0 Å². The van der Waals surface area contributed by atoms with E-state index in [4.69, 9.17) is 4.74 Å². The minimum atomic E-state index is -0.980. The summed E-state index contributed by atoms with van der Waals surface area (Å²) >= 11 is 0. The maximum absolute atomic E-state index is 13.7. The van der Waals surface area contributed by atoms with Crippen molar-refractivity contribution in [3.05, 3.63) is 90.0 Å². The zero-order valence-electron chi connectivity index (χ0n) is 25.9. The Morgan fingerprint density at radius 2 is 1.74 bits per heavy atom. The van der Waals surface area contributed by atoms with Gasteiger partial charge in [0.05, 0.1) is 12.6 Å². The van der Waals surface area contributed by atoms with Gasteiger partial charge in [-0.05, 0) is 42.7 Å². The van der Waals surface area contributed by atoms with Crippen LogP contribution in [0.5, 0.6) is 5.75 Å². The number of ether oxygens (including phenoxy) is 1. The molecule has 4 amide bonds. The first-order chi connectivity index (χ1) is 22.2. The monoisotopic (exact) mass is 626 g/mol. The minimum Gasteiger partial charge on any atom is -0.492 e. The van der Waals surface area contributed by atoms with Crippen LogP contribution >= 0.6 is 0 Å². The highest BCUT2D eigenvalue weighted by atomic mass is 16.5. The fourth-order valence-electron chi connectivity index (χ4n) is 5.08. The van der Waals surface area contributed by atoms with Crippen LogP contribution in [-0.2, 0) is 27.3 Å². The highest BCUT2D eigenvalue weighted by Gasteiger charge is 2.31. The second-order valence-electron chi connectivity index (χ2n) is 11.4. The van der Waals surface area contributed by atoms with Crippen molar-refractivity contribution in [2.45, 2.75) is 51.9 Å². The average Bonchev–Trinajstić information content (AvgIpc) is 3.73. The summed E-state index contributed by atoms with van der Waals surface area (Å²) < 4.78 is 7.27. The van der Waals surface area contributed by atoms with Crippen molar-refractivity contribution in [3.63, 3.8) is 0 Å². The van der Waals surface area contributed by atoms with Gasteiger partial charge < -0.3 is 31.0 Å². The molecule has 0 spiro atoms. The molecule has 0 unspecified atom stereocenters. The van der Waals surface area contributed by atoms with Crippen LogP contribution in [0, 0.1) is 5.92 Å². The molecule has 2 aliphatic heterocycles. The van der Waals surface area contributed by atoms with Crippen molar-refractivity contribution in [2.24, 2.45) is 5.92 Å². The molecule has 2 aromatic heterocycles. The molecule has 4 heterocycles. The van der Waals surface area contributed by atoms with Crippen molar-refractivity contribution in [1.82, 2.24) is 41.0 Å². The van der Waals surface area contributed by atoms with Crippen molar-refractivity contribution >= 4 is 23.6 Å². The molecule has 46 heavy (non-hydrogen) atoms. The van der Waals surface area contributed by atoms with Gasteiger partial charge >= 0.3 is 0 Å². The summed E-state index contributed by atoms with van der Waals surface area (Å²) in [4.78, 5) is 60.8. The molecule has 4 aromatic rings. The van der Waals surface area contributed by atoms with E-state index in [2.05, 4.69) is 36.3 Å². The predicted octanol–water partition coefficient (Wildman–Crippen LogP) is 2.14. The zero-order chi connectivity index (χ0) is 32.6. The van der Waals surface area contributed by atoms with Crippen LogP contribution in [0.25, 0.3) is 11.4 Å². The fraction of sp³-hybridized carbons (Fsp3) is 0.333.